The van der Waals surface area contributed by atoms with Gasteiger partial charge in [0.25, 0.3) is 0 Å². The van der Waals surface area contributed by atoms with Gasteiger partial charge in [-0.1, -0.05) is 12.1 Å². The number of carbonyl (C=O) groups excluding carboxylic acids is 1. The molecule has 1 aliphatic carbocycles. The van der Waals surface area contributed by atoms with Crippen molar-refractivity contribution in [3.63, 3.8) is 0 Å². The van der Waals surface area contributed by atoms with Gasteiger partial charge in [-0.25, -0.2) is 0 Å². The number of carboxylic acid groups (broad SMARTS) is 1. The Labute approximate surface area is 136 Å². The van der Waals surface area contributed by atoms with Crippen LogP contribution in [-0.2, 0) is 0 Å². The van der Waals surface area contributed by atoms with E-state index in [1.165, 1.54) is 25.0 Å². The zero-order chi connectivity index (χ0) is 16.0. The number of hydrogen-bond acceptors (Lipinski definition) is 5. The molecule has 0 atom stereocenters. The summed E-state index contributed by atoms with van der Waals surface area (Å²) in [4.78, 5) is 10.9. The van der Waals surface area contributed by atoms with Crippen LogP contribution in [0.25, 0.3) is 17.2 Å². The van der Waals surface area contributed by atoms with Gasteiger partial charge in [0, 0.05) is 11.6 Å². The largest absolute Gasteiger partial charge is 0.545 e. The molecule has 4 rings (SSSR count). The van der Waals surface area contributed by atoms with E-state index in [0.717, 1.165) is 5.69 Å². The standard InChI is InChI=1S/C15H13N5O2S/c21-14(22)9-3-5-10(6-4-9)20-13(18-19-15(20)23)12-7-11(16-17-12)8-1-2-8/h3-8H,1-2H2,(H,16,17)(H,19,23)(H,21,22)/p-1. The summed E-state index contributed by atoms with van der Waals surface area (Å²) >= 11 is 5.29. The number of aromatic carboxylic acids is 1. The second-order valence-corrected chi connectivity index (χ2v) is 5.89. The first-order valence-electron chi connectivity index (χ1n) is 7.18. The van der Waals surface area contributed by atoms with Crippen molar-refractivity contribution >= 4 is 18.2 Å². The van der Waals surface area contributed by atoms with Crippen molar-refractivity contribution < 1.29 is 9.90 Å². The van der Waals surface area contributed by atoms with Gasteiger partial charge >= 0.3 is 0 Å². The maximum Gasteiger partial charge on any atom is 0.200 e. The predicted molar refractivity (Wildman–Crippen MR) is 82.6 cm³/mol. The molecule has 23 heavy (non-hydrogen) atoms. The minimum absolute atomic E-state index is 0.112. The van der Waals surface area contributed by atoms with Gasteiger partial charge in [0.15, 0.2) is 10.6 Å². The molecular formula is C15H12N5O2S-. The van der Waals surface area contributed by atoms with Crippen molar-refractivity contribution in [1.82, 2.24) is 25.0 Å². The van der Waals surface area contributed by atoms with Crippen LogP contribution >= 0.6 is 12.2 Å². The fourth-order valence-electron chi connectivity index (χ4n) is 2.51. The fraction of sp³-hybridized carbons (Fsp3) is 0.200. The molecule has 3 aromatic rings. The molecule has 0 saturated heterocycles. The Morgan fingerprint density at radius 1 is 1.22 bits per heavy atom. The van der Waals surface area contributed by atoms with Gasteiger partial charge in [-0.3, -0.25) is 14.8 Å². The zero-order valence-corrected chi connectivity index (χ0v) is 12.8. The Hall–Kier alpha value is -2.74. The minimum Gasteiger partial charge on any atom is -0.545 e. The number of H-pyrrole nitrogens is 2. The highest BCUT2D eigenvalue weighted by atomic mass is 32.1. The van der Waals surface area contributed by atoms with Crippen molar-refractivity contribution in [2.75, 3.05) is 0 Å². The summed E-state index contributed by atoms with van der Waals surface area (Å²) in [6.07, 6.45) is 2.36. The SMILES string of the molecule is O=C([O-])c1ccc(-n2c(-c3cc(C4CC4)[nH]n3)n[nH]c2=S)cc1. The number of hydrogen-bond donors (Lipinski definition) is 2. The molecule has 7 nitrogen and oxygen atoms in total. The fourth-order valence-corrected chi connectivity index (χ4v) is 2.75. The highest BCUT2D eigenvalue weighted by Gasteiger charge is 2.26. The van der Waals surface area contributed by atoms with Crippen molar-refractivity contribution in [3.05, 3.63) is 46.4 Å². The van der Waals surface area contributed by atoms with E-state index in [1.54, 1.807) is 16.7 Å². The Balaban J connectivity index is 1.77. The quantitative estimate of drug-likeness (QED) is 0.708. The van der Waals surface area contributed by atoms with E-state index >= 15 is 0 Å². The van der Waals surface area contributed by atoms with Gasteiger partial charge in [-0.05, 0) is 48.8 Å². The first-order chi connectivity index (χ1) is 11.1. The van der Waals surface area contributed by atoms with Crippen molar-refractivity contribution in [1.29, 1.82) is 0 Å². The van der Waals surface area contributed by atoms with Gasteiger partial charge < -0.3 is 9.90 Å². The first kappa shape index (κ1) is 13.9. The molecule has 1 aromatic carbocycles. The maximum absolute atomic E-state index is 10.9. The van der Waals surface area contributed by atoms with Crippen molar-refractivity contribution in [2.45, 2.75) is 18.8 Å². The zero-order valence-electron chi connectivity index (χ0n) is 11.9. The van der Waals surface area contributed by atoms with E-state index in [0.29, 0.717) is 27.9 Å². The molecule has 2 N–H and O–H groups in total. The van der Waals surface area contributed by atoms with E-state index in [1.807, 2.05) is 6.07 Å². The first-order valence-corrected chi connectivity index (χ1v) is 7.59. The number of nitrogens with one attached hydrogen (secondary N) is 2. The number of carboxylic acids is 1. The van der Waals surface area contributed by atoms with E-state index in [-0.39, 0.29) is 5.56 Å². The summed E-state index contributed by atoms with van der Waals surface area (Å²) in [6, 6.07) is 8.25. The number of nitrogens with zero attached hydrogens (tertiary/aromatic N) is 3. The smallest absolute Gasteiger partial charge is 0.200 e. The molecule has 0 amide bonds. The van der Waals surface area contributed by atoms with Crippen molar-refractivity contribution in [2.24, 2.45) is 0 Å². The number of rotatable bonds is 4. The number of aromatic nitrogens is 5. The Morgan fingerprint density at radius 3 is 2.61 bits per heavy atom. The molecule has 0 radical (unpaired) electrons. The molecule has 116 valence electrons. The van der Waals surface area contributed by atoms with Crippen LogP contribution in [0.1, 0.15) is 34.8 Å². The molecule has 1 fully saturated rings. The molecule has 1 saturated carbocycles. The van der Waals surface area contributed by atoms with E-state index in [4.69, 9.17) is 12.2 Å². The molecule has 0 spiro atoms. The monoisotopic (exact) mass is 326 g/mol. The van der Waals surface area contributed by atoms with E-state index < -0.39 is 5.97 Å². The second kappa shape index (κ2) is 5.17. The highest BCUT2D eigenvalue weighted by Crippen LogP contribution is 2.39. The van der Waals surface area contributed by atoms with Crippen LogP contribution in [0.15, 0.2) is 30.3 Å². The molecule has 8 heteroatoms. The van der Waals surface area contributed by atoms with Gasteiger partial charge in [0.1, 0.15) is 5.69 Å². The Bertz CT molecular complexity index is 933. The van der Waals surface area contributed by atoms with Crippen LogP contribution in [0.4, 0.5) is 0 Å². The lowest BCUT2D eigenvalue weighted by atomic mass is 10.2. The normalized spacial score (nSPS) is 14.1. The number of benzene rings is 1. The van der Waals surface area contributed by atoms with Crippen LogP contribution in [-0.4, -0.2) is 30.9 Å². The molecule has 0 bridgehead atoms. The van der Waals surface area contributed by atoms with Crippen LogP contribution in [0.2, 0.25) is 0 Å². The highest BCUT2D eigenvalue weighted by molar-refractivity contribution is 7.71. The molecule has 0 aliphatic heterocycles. The van der Waals surface area contributed by atoms with Gasteiger partial charge in [0.2, 0.25) is 0 Å². The average molecular weight is 326 g/mol. The van der Waals surface area contributed by atoms with Crippen LogP contribution in [0.5, 0.6) is 0 Å². The third kappa shape index (κ3) is 2.46. The molecule has 0 unspecified atom stereocenters. The minimum atomic E-state index is -1.21. The van der Waals surface area contributed by atoms with Crippen molar-refractivity contribution in [3.8, 4) is 17.2 Å². The lowest BCUT2D eigenvalue weighted by Crippen LogP contribution is -2.22. The maximum atomic E-state index is 10.9. The summed E-state index contributed by atoms with van der Waals surface area (Å²) in [7, 11) is 0. The Morgan fingerprint density at radius 2 is 1.96 bits per heavy atom. The van der Waals surface area contributed by atoms with E-state index in [2.05, 4.69) is 20.4 Å². The molecule has 2 heterocycles. The topological polar surface area (TPSA) is 102 Å². The molecule has 1 aliphatic rings. The molecular weight excluding hydrogens is 314 g/mol. The predicted octanol–water partition coefficient (Wildman–Crippen LogP) is 1.56. The molecule has 2 aromatic heterocycles. The number of aromatic amines is 2. The summed E-state index contributed by atoms with van der Waals surface area (Å²) in [5.41, 5.74) is 2.62. The van der Waals surface area contributed by atoms with Gasteiger partial charge in [0.05, 0.1) is 11.7 Å². The lowest BCUT2D eigenvalue weighted by molar-refractivity contribution is -0.255. The summed E-state index contributed by atoms with van der Waals surface area (Å²) in [5, 5.41) is 25.2. The third-order valence-electron chi connectivity index (χ3n) is 3.88. The Kier molecular flexibility index (Phi) is 3.12. The van der Waals surface area contributed by atoms with Crippen LogP contribution in [0.3, 0.4) is 0 Å². The van der Waals surface area contributed by atoms with E-state index in [9.17, 15) is 9.90 Å². The lowest BCUT2D eigenvalue weighted by Gasteiger charge is -2.07. The van der Waals surface area contributed by atoms with Crippen LogP contribution < -0.4 is 5.11 Å². The van der Waals surface area contributed by atoms with Gasteiger partial charge in [-0.2, -0.15) is 10.2 Å². The summed E-state index contributed by atoms with van der Waals surface area (Å²) in [6.45, 7) is 0. The van der Waals surface area contributed by atoms with Gasteiger partial charge in [-0.15, -0.1) is 0 Å². The summed E-state index contributed by atoms with van der Waals surface area (Å²) < 4.78 is 2.14. The second-order valence-electron chi connectivity index (χ2n) is 5.50. The third-order valence-corrected chi connectivity index (χ3v) is 4.15. The summed E-state index contributed by atoms with van der Waals surface area (Å²) in [5.74, 6) is -0.0674. The van der Waals surface area contributed by atoms with Crippen LogP contribution in [0, 0.1) is 4.77 Å². The number of carbonyl (C=O) groups is 1. The average Bonchev–Trinajstić information content (AvgIpc) is 3.15.